The van der Waals surface area contributed by atoms with E-state index >= 15 is 0 Å². The molecule has 2 aromatic carbocycles. The minimum Gasteiger partial charge on any atom is -0.454 e. The van der Waals surface area contributed by atoms with Crippen LogP contribution in [-0.4, -0.2) is 36.1 Å². The summed E-state index contributed by atoms with van der Waals surface area (Å²) in [4.78, 5) is 27.9. The number of fused-ring (bicyclic) bond motifs is 1. The Bertz CT molecular complexity index is 983. The highest BCUT2D eigenvalue weighted by Crippen LogP contribution is 2.33. The number of halogens is 2. The van der Waals surface area contributed by atoms with Crippen molar-refractivity contribution in [2.45, 2.75) is 58.5 Å². The zero-order chi connectivity index (χ0) is 23.8. The first-order valence-corrected chi connectivity index (χ1v) is 12.1. The molecular formula is C25H30Cl2N2O4. The molecule has 178 valence electrons. The molecule has 1 atom stereocenters. The molecular weight excluding hydrogens is 463 g/mol. The van der Waals surface area contributed by atoms with Crippen LogP contribution >= 0.6 is 23.2 Å². The molecule has 0 saturated heterocycles. The van der Waals surface area contributed by atoms with E-state index in [0.29, 0.717) is 40.9 Å². The monoisotopic (exact) mass is 492 g/mol. The SMILES string of the molecule is CCCCNC(=O)[C@@H](CC)N(Cc1ccc(Cl)c(Cl)c1)C(=O)CCc1ccc2c(c1)OCO2. The van der Waals surface area contributed by atoms with Gasteiger partial charge in [0.1, 0.15) is 6.04 Å². The zero-order valence-corrected chi connectivity index (χ0v) is 20.5. The lowest BCUT2D eigenvalue weighted by Crippen LogP contribution is -2.49. The second-order valence-corrected chi connectivity index (χ2v) is 8.84. The maximum absolute atomic E-state index is 13.4. The molecule has 0 radical (unpaired) electrons. The maximum Gasteiger partial charge on any atom is 0.242 e. The molecule has 0 unspecified atom stereocenters. The van der Waals surface area contributed by atoms with Gasteiger partial charge in [-0.1, -0.05) is 55.6 Å². The lowest BCUT2D eigenvalue weighted by atomic mass is 10.1. The average molecular weight is 493 g/mol. The molecule has 0 bridgehead atoms. The van der Waals surface area contributed by atoms with E-state index in [2.05, 4.69) is 12.2 Å². The van der Waals surface area contributed by atoms with Crippen molar-refractivity contribution >= 4 is 35.0 Å². The van der Waals surface area contributed by atoms with Gasteiger partial charge in [0.15, 0.2) is 11.5 Å². The van der Waals surface area contributed by atoms with Crippen LogP contribution in [0.25, 0.3) is 0 Å². The first kappa shape index (κ1) is 25.2. The van der Waals surface area contributed by atoms with E-state index in [1.165, 1.54) is 0 Å². The molecule has 6 nitrogen and oxygen atoms in total. The quantitative estimate of drug-likeness (QED) is 0.427. The number of benzene rings is 2. The molecule has 8 heteroatoms. The average Bonchev–Trinajstić information content (AvgIpc) is 3.28. The fourth-order valence-corrected chi connectivity index (χ4v) is 4.07. The Balaban J connectivity index is 1.75. The van der Waals surface area contributed by atoms with Crippen molar-refractivity contribution in [1.82, 2.24) is 10.2 Å². The summed E-state index contributed by atoms with van der Waals surface area (Å²) in [7, 11) is 0. The van der Waals surface area contributed by atoms with E-state index < -0.39 is 6.04 Å². The molecule has 33 heavy (non-hydrogen) atoms. The highest BCUT2D eigenvalue weighted by molar-refractivity contribution is 6.42. The van der Waals surface area contributed by atoms with Gasteiger partial charge in [-0.3, -0.25) is 9.59 Å². The molecule has 1 N–H and O–H groups in total. The fourth-order valence-electron chi connectivity index (χ4n) is 3.75. The summed E-state index contributed by atoms with van der Waals surface area (Å²) in [6, 6.07) is 10.4. The van der Waals surface area contributed by atoms with Gasteiger partial charge in [0.2, 0.25) is 18.6 Å². The number of hydrogen-bond acceptors (Lipinski definition) is 4. The fraction of sp³-hybridized carbons (Fsp3) is 0.440. The topological polar surface area (TPSA) is 67.9 Å². The van der Waals surface area contributed by atoms with Gasteiger partial charge in [0.05, 0.1) is 10.0 Å². The van der Waals surface area contributed by atoms with Crippen LogP contribution < -0.4 is 14.8 Å². The van der Waals surface area contributed by atoms with Crippen LogP contribution in [0.3, 0.4) is 0 Å². The largest absolute Gasteiger partial charge is 0.454 e. The Morgan fingerprint density at radius 3 is 2.52 bits per heavy atom. The van der Waals surface area contributed by atoms with Gasteiger partial charge < -0.3 is 19.7 Å². The molecule has 0 spiro atoms. The number of unbranched alkanes of at least 4 members (excludes halogenated alkanes) is 1. The van der Waals surface area contributed by atoms with Crippen LogP contribution in [-0.2, 0) is 22.6 Å². The highest BCUT2D eigenvalue weighted by atomic mass is 35.5. The Kier molecular flexibility index (Phi) is 9.27. The van der Waals surface area contributed by atoms with E-state index in [-0.39, 0.29) is 31.6 Å². The molecule has 0 aromatic heterocycles. The third kappa shape index (κ3) is 6.78. The highest BCUT2D eigenvalue weighted by Gasteiger charge is 2.28. The lowest BCUT2D eigenvalue weighted by Gasteiger charge is -2.31. The van der Waals surface area contributed by atoms with Gasteiger partial charge in [-0.05, 0) is 54.7 Å². The van der Waals surface area contributed by atoms with Gasteiger partial charge in [0, 0.05) is 19.5 Å². The van der Waals surface area contributed by atoms with Gasteiger partial charge >= 0.3 is 0 Å². The predicted octanol–water partition coefficient (Wildman–Crippen LogP) is 5.38. The van der Waals surface area contributed by atoms with Crippen LogP contribution in [0.4, 0.5) is 0 Å². The number of rotatable bonds is 11. The number of nitrogens with one attached hydrogen (secondary N) is 1. The Hall–Kier alpha value is -2.44. The van der Waals surface area contributed by atoms with Crippen LogP contribution in [0.2, 0.25) is 10.0 Å². The number of carbonyl (C=O) groups is 2. The van der Waals surface area contributed by atoms with Gasteiger partial charge in [-0.25, -0.2) is 0 Å². The van der Waals surface area contributed by atoms with E-state index in [0.717, 1.165) is 24.0 Å². The van der Waals surface area contributed by atoms with Crippen molar-refractivity contribution in [2.75, 3.05) is 13.3 Å². The molecule has 1 heterocycles. The van der Waals surface area contributed by atoms with Crippen molar-refractivity contribution in [1.29, 1.82) is 0 Å². The Labute approximate surface area is 205 Å². The Morgan fingerprint density at radius 2 is 1.79 bits per heavy atom. The molecule has 0 aliphatic carbocycles. The normalized spacial score (nSPS) is 13.0. The van der Waals surface area contributed by atoms with E-state index in [4.69, 9.17) is 32.7 Å². The van der Waals surface area contributed by atoms with E-state index in [1.807, 2.05) is 31.2 Å². The van der Waals surface area contributed by atoms with Gasteiger partial charge in [0.25, 0.3) is 0 Å². The van der Waals surface area contributed by atoms with Crippen LogP contribution in [0, 0.1) is 0 Å². The van der Waals surface area contributed by atoms with Gasteiger partial charge in [-0.2, -0.15) is 0 Å². The second kappa shape index (κ2) is 12.1. The predicted molar refractivity (Wildman–Crippen MR) is 130 cm³/mol. The summed E-state index contributed by atoms with van der Waals surface area (Å²) in [6.45, 7) is 5.06. The number of aryl methyl sites for hydroxylation is 1. The van der Waals surface area contributed by atoms with Crippen molar-refractivity contribution in [3.63, 3.8) is 0 Å². The maximum atomic E-state index is 13.4. The molecule has 3 rings (SSSR count). The number of nitrogens with zero attached hydrogens (tertiary/aromatic N) is 1. The zero-order valence-electron chi connectivity index (χ0n) is 19.0. The van der Waals surface area contributed by atoms with Gasteiger partial charge in [-0.15, -0.1) is 0 Å². The smallest absolute Gasteiger partial charge is 0.242 e. The third-order valence-electron chi connectivity index (χ3n) is 5.62. The van der Waals surface area contributed by atoms with Crippen molar-refractivity contribution < 1.29 is 19.1 Å². The molecule has 0 saturated carbocycles. The van der Waals surface area contributed by atoms with Crippen molar-refractivity contribution in [3.8, 4) is 11.5 Å². The lowest BCUT2D eigenvalue weighted by molar-refractivity contribution is -0.141. The molecule has 1 aliphatic rings. The molecule has 2 amide bonds. The minimum atomic E-state index is -0.569. The number of amides is 2. The summed E-state index contributed by atoms with van der Waals surface area (Å²) in [5.74, 6) is 1.16. The van der Waals surface area contributed by atoms with Crippen molar-refractivity contribution in [3.05, 3.63) is 57.6 Å². The van der Waals surface area contributed by atoms with Crippen molar-refractivity contribution in [2.24, 2.45) is 0 Å². The number of carbonyl (C=O) groups excluding carboxylic acids is 2. The summed E-state index contributed by atoms with van der Waals surface area (Å²) < 4.78 is 10.8. The third-order valence-corrected chi connectivity index (χ3v) is 6.36. The minimum absolute atomic E-state index is 0.101. The molecule has 0 fully saturated rings. The summed E-state index contributed by atoms with van der Waals surface area (Å²) in [5.41, 5.74) is 1.79. The second-order valence-electron chi connectivity index (χ2n) is 8.03. The van der Waals surface area contributed by atoms with E-state index in [9.17, 15) is 9.59 Å². The molecule has 2 aromatic rings. The summed E-state index contributed by atoms with van der Waals surface area (Å²) >= 11 is 12.2. The van der Waals surface area contributed by atoms with Crippen LogP contribution in [0.15, 0.2) is 36.4 Å². The summed E-state index contributed by atoms with van der Waals surface area (Å²) in [5, 5.41) is 3.84. The first-order valence-electron chi connectivity index (χ1n) is 11.3. The number of hydrogen-bond donors (Lipinski definition) is 1. The standard InChI is InChI=1S/C25H30Cl2N2O4/c1-3-5-12-28-25(31)21(4-2)29(15-18-6-9-19(26)20(27)13-18)24(30)11-8-17-7-10-22-23(14-17)33-16-32-22/h6-7,9-10,13-14,21H,3-5,8,11-12,15-16H2,1-2H3,(H,28,31)/t21-/m1/s1. The van der Waals surface area contributed by atoms with Crippen LogP contribution in [0.1, 0.15) is 50.7 Å². The van der Waals surface area contributed by atoms with E-state index in [1.54, 1.807) is 17.0 Å². The first-order chi connectivity index (χ1) is 15.9. The number of ether oxygens (including phenoxy) is 2. The van der Waals surface area contributed by atoms with Crippen LogP contribution in [0.5, 0.6) is 11.5 Å². The Morgan fingerprint density at radius 1 is 1.03 bits per heavy atom. The molecule has 1 aliphatic heterocycles. The summed E-state index contributed by atoms with van der Waals surface area (Å²) in [6.07, 6.45) is 3.18.